The number of nitriles is 1. The SMILES string of the molecule is CCc1cc2cc(C(=O)/C(C#N)=C/N(C)C)[nH]c2cc1NS(=O)[O-]. The first-order chi connectivity index (χ1) is 11.3. The number of ketones is 1. The van der Waals surface area contributed by atoms with Crippen molar-refractivity contribution in [2.75, 3.05) is 18.8 Å². The standard InChI is InChI=1S/C16H18N4O3S/c1-4-10-5-11-6-15(16(21)12(8-17)9-20(2)3)18-13(11)7-14(10)19-24(22)23/h5-7,9,18-19H,4H2,1-3H3,(H,22,23)/p-1/b12-9+. The molecule has 1 heterocycles. The number of allylic oxidation sites excluding steroid dienone is 1. The molecule has 2 N–H and O–H groups in total. The molecule has 0 aliphatic carbocycles. The molecule has 2 rings (SSSR count). The van der Waals surface area contributed by atoms with E-state index >= 15 is 0 Å². The average Bonchev–Trinajstić information content (AvgIpc) is 2.93. The van der Waals surface area contributed by atoms with Crippen molar-refractivity contribution >= 4 is 33.6 Å². The van der Waals surface area contributed by atoms with E-state index in [2.05, 4.69) is 9.71 Å². The van der Waals surface area contributed by atoms with Gasteiger partial charge < -0.3 is 19.2 Å². The van der Waals surface area contributed by atoms with Crippen molar-refractivity contribution in [2.45, 2.75) is 13.3 Å². The van der Waals surface area contributed by atoms with Crippen LogP contribution >= 0.6 is 0 Å². The fourth-order valence-electron chi connectivity index (χ4n) is 2.37. The molecule has 1 aromatic carbocycles. The van der Waals surface area contributed by atoms with E-state index in [0.717, 1.165) is 10.9 Å². The molecule has 1 unspecified atom stereocenters. The number of aromatic nitrogens is 1. The smallest absolute Gasteiger partial charge is 0.221 e. The molecule has 126 valence electrons. The van der Waals surface area contributed by atoms with Gasteiger partial charge in [-0.25, -0.2) is 0 Å². The summed E-state index contributed by atoms with van der Waals surface area (Å²) in [6.45, 7) is 1.91. The largest absolute Gasteiger partial charge is 0.755 e. The summed E-state index contributed by atoms with van der Waals surface area (Å²) < 4.78 is 24.1. The number of nitrogens with one attached hydrogen (secondary N) is 2. The highest BCUT2D eigenvalue weighted by Gasteiger charge is 2.16. The van der Waals surface area contributed by atoms with Crippen LogP contribution in [0.3, 0.4) is 0 Å². The summed E-state index contributed by atoms with van der Waals surface area (Å²) in [4.78, 5) is 17.0. The molecular weight excluding hydrogens is 328 g/mol. The Balaban J connectivity index is 2.50. The van der Waals surface area contributed by atoms with Crippen molar-refractivity contribution < 1.29 is 13.6 Å². The number of carbonyl (C=O) groups is 1. The van der Waals surface area contributed by atoms with Gasteiger partial charge in [-0.15, -0.1) is 0 Å². The molecule has 0 fully saturated rings. The Morgan fingerprint density at radius 2 is 2.17 bits per heavy atom. The minimum absolute atomic E-state index is 0.0151. The van der Waals surface area contributed by atoms with Gasteiger partial charge in [0, 0.05) is 42.5 Å². The highest BCUT2D eigenvalue weighted by Crippen LogP contribution is 2.26. The van der Waals surface area contributed by atoms with Gasteiger partial charge in [0.1, 0.15) is 11.6 Å². The molecule has 2 aromatic rings. The van der Waals surface area contributed by atoms with Crippen molar-refractivity contribution in [2.24, 2.45) is 0 Å². The normalized spacial score (nSPS) is 12.7. The number of hydrogen-bond donors (Lipinski definition) is 2. The quantitative estimate of drug-likeness (QED) is 0.360. The van der Waals surface area contributed by atoms with E-state index in [-0.39, 0.29) is 11.3 Å². The highest BCUT2D eigenvalue weighted by molar-refractivity contribution is 7.80. The lowest BCUT2D eigenvalue weighted by atomic mass is 10.1. The first-order valence-corrected chi connectivity index (χ1v) is 8.27. The Morgan fingerprint density at radius 1 is 1.46 bits per heavy atom. The van der Waals surface area contributed by atoms with Gasteiger partial charge in [0.25, 0.3) is 0 Å². The van der Waals surface area contributed by atoms with Crippen LogP contribution in [0.1, 0.15) is 23.0 Å². The number of rotatable bonds is 6. The second kappa shape index (κ2) is 7.29. The van der Waals surface area contributed by atoms with E-state index in [0.29, 0.717) is 17.6 Å². The maximum atomic E-state index is 12.4. The van der Waals surface area contributed by atoms with E-state index < -0.39 is 17.0 Å². The van der Waals surface area contributed by atoms with Gasteiger partial charge in [-0.2, -0.15) is 5.26 Å². The first kappa shape index (κ1) is 17.7. The van der Waals surface area contributed by atoms with Crippen LogP contribution in [0.2, 0.25) is 0 Å². The molecule has 0 saturated heterocycles. The van der Waals surface area contributed by atoms with Crippen LogP contribution < -0.4 is 4.72 Å². The van der Waals surface area contributed by atoms with E-state index in [1.165, 1.54) is 6.20 Å². The molecule has 0 spiro atoms. The summed E-state index contributed by atoms with van der Waals surface area (Å²) in [6.07, 6.45) is 2.09. The molecule has 1 atom stereocenters. The third-order valence-electron chi connectivity index (χ3n) is 3.42. The average molecular weight is 345 g/mol. The number of hydrogen-bond acceptors (Lipinski definition) is 5. The third-order valence-corrected chi connectivity index (χ3v) is 3.80. The molecule has 7 nitrogen and oxygen atoms in total. The van der Waals surface area contributed by atoms with Crippen molar-refractivity contribution in [3.05, 3.63) is 41.2 Å². The maximum absolute atomic E-state index is 12.4. The predicted molar refractivity (Wildman–Crippen MR) is 91.9 cm³/mol. The topological polar surface area (TPSA) is 112 Å². The lowest BCUT2D eigenvalue weighted by molar-refractivity contribution is 0.103. The van der Waals surface area contributed by atoms with Crippen LogP contribution in [-0.4, -0.2) is 38.5 Å². The van der Waals surface area contributed by atoms with Crippen molar-refractivity contribution in [3.63, 3.8) is 0 Å². The number of Topliss-reactive ketones (excluding diaryl/α,β-unsaturated/α-hetero) is 1. The van der Waals surface area contributed by atoms with E-state index in [1.54, 1.807) is 31.1 Å². The summed E-state index contributed by atoms with van der Waals surface area (Å²) in [6, 6.07) is 7.01. The monoisotopic (exact) mass is 345 g/mol. The number of carbonyl (C=O) groups excluding carboxylic acids is 1. The summed E-state index contributed by atoms with van der Waals surface area (Å²) in [5, 5.41) is 9.93. The Hall–Kier alpha value is -2.63. The first-order valence-electron chi connectivity index (χ1n) is 7.20. The van der Waals surface area contributed by atoms with E-state index in [4.69, 9.17) is 5.26 Å². The molecule has 24 heavy (non-hydrogen) atoms. The van der Waals surface area contributed by atoms with Crippen LogP contribution in [0.4, 0.5) is 5.69 Å². The van der Waals surface area contributed by atoms with Crippen LogP contribution in [0, 0.1) is 11.3 Å². The summed E-state index contributed by atoms with van der Waals surface area (Å²) in [7, 11) is 3.45. The number of aromatic amines is 1. The fourth-order valence-corrected chi connectivity index (χ4v) is 2.74. The summed E-state index contributed by atoms with van der Waals surface area (Å²) >= 11 is -2.43. The molecule has 0 amide bonds. The van der Waals surface area contributed by atoms with Crippen molar-refractivity contribution in [1.29, 1.82) is 5.26 Å². The third kappa shape index (κ3) is 3.82. The number of aryl methyl sites for hydroxylation is 1. The van der Waals surface area contributed by atoms with Crippen LogP contribution in [-0.2, 0) is 17.7 Å². The molecule has 0 radical (unpaired) electrons. The molecule has 0 aliphatic heterocycles. The second-order valence-corrected chi connectivity index (χ2v) is 6.09. The van der Waals surface area contributed by atoms with Crippen LogP contribution in [0.15, 0.2) is 30.0 Å². The van der Waals surface area contributed by atoms with Gasteiger partial charge in [-0.3, -0.25) is 9.00 Å². The van der Waals surface area contributed by atoms with Gasteiger partial charge in [-0.05, 0) is 30.2 Å². The van der Waals surface area contributed by atoms with Gasteiger partial charge in [0.2, 0.25) is 5.78 Å². The van der Waals surface area contributed by atoms with E-state index in [9.17, 15) is 13.6 Å². The Morgan fingerprint density at radius 3 is 2.71 bits per heavy atom. The Bertz CT molecular complexity index is 877. The Labute approximate surface area is 142 Å². The molecular formula is C16H17N4O3S-. The second-order valence-electron chi connectivity index (χ2n) is 5.42. The summed E-state index contributed by atoms with van der Waals surface area (Å²) in [5.74, 6) is -0.414. The zero-order valence-corrected chi connectivity index (χ0v) is 14.4. The van der Waals surface area contributed by atoms with Crippen molar-refractivity contribution in [3.8, 4) is 6.07 Å². The lowest BCUT2D eigenvalue weighted by Gasteiger charge is -2.12. The van der Waals surface area contributed by atoms with Gasteiger partial charge >= 0.3 is 0 Å². The number of H-pyrrole nitrogens is 1. The minimum atomic E-state index is -2.43. The number of fused-ring (bicyclic) bond motifs is 1. The van der Waals surface area contributed by atoms with Crippen LogP contribution in [0.25, 0.3) is 10.9 Å². The number of benzene rings is 1. The zero-order valence-electron chi connectivity index (χ0n) is 13.5. The molecule has 0 saturated carbocycles. The minimum Gasteiger partial charge on any atom is -0.755 e. The summed E-state index contributed by atoms with van der Waals surface area (Å²) in [5.41, 5.74) is 2.19. The van der Waals surface area contributed by atoms with Gasteiger partial charge in [-0.1, -0.05) is 6.92 Å². The molecule has 0 aliphatic rings. The maximum Gasteiger partial charge on any atom is 0.221 e. The zero-order chi connectivity index (χ0) is 17.9. The van der Waals surface area contributed by atoms with Crippen LogP contribution in [0.5, 0.6) is 0 Å². The Kier molecular flexibility index (Phi) is 5.39. The lowest BCUT2D eigenvalue weighted by Crippen LogP contribution is -2.09. The number of anilines is 1. The fraction of sp³-hybridized carbons (Fsp3) is 0.250. The van der Waals surface area contributed by atoms with Gasteiger partial charge in [0.05, 0.1) is 11.4 Å². The van der Waals surface area contributed by atoms with Crippen molar-refractivity contribution in [1.82, 2.24) is 9.88 Å². The number of nitrogens with zero attached hydrogens (tertiary/aromatic N) is 2. The van der Waals surface area contributed by atoms with Gasteiger partial charge in [0.15, 0.2) is 0 Å². The molecule has 0 bridgehead atoms. The highest BCUT2D eigenvalue weighted by atomic mass is 32.2. The molecule has 8 heteroatoms. The van der Waals surface area contributed by atoms with E-state index in [1.807, 2.05) is 19.1 Å². The predicted octanol–water partition coefficient (Wildman–Crippen LogP) is 2.09. The molecule has 1 aromatic heterocycles.